The van der Waals surface area contributed by atoms with Crippen LogP contribution in [0.1, 0.15) is 92.5 Å². The number of aryl methyl sites for hydroxylation is 1. The molecule has 1 aromatic carbocycles. The van der Waals surface area contributed by atoms with E-state index >= 15 is 0 Å². The summed E-state index contributed by atoms with van der Waals surface area (Å²) in [7, 11) is 0. The molecule has 0 aliphatic rings. The lowest BCUT2D eigenvalue weighted by atomic mass is 10.0. The third-order valence-corrected chi connectivity index (χ3v) is 4.29. The number of benzene rings is 1. The monoisotopic (exact) mass is 348 g/mol. The number of ether oxygens (including phenoxy) is 2. The minimum absolute atomic E-state index is 0.119. The number of esters is 2. The zero-order valence-electron chi connectivity index (χ0n) is 16.3. The maximum absolute atomic E-state index is 12.6. The molecule has 0 aromatic heterocycles. The minimum Gasteiger partial charge on any atom is -0.459 e. The second kappa shape index (κ2) is 10.9. The first kappa shape index (κ1) is 21.2. The molecule has 0 fully saturated rings. The Morgan fingerprint density at radius 2 is 1.32 bits per heavy atom. The Labute approximate surface area is 151 Å². The zero-order valence-corrected chi connectivity index (χ0v) is 16.3. The summed E-state index contributed by atoms with van der Waals surface area (Å²) in [5.74, 6) is -0.893. The maximum atomic E-state index is 12.6. The van der Waals surface area contributed by atoms with Crippen LogP contribution in [0.5, 0.6) is 0 Å². The van der Waals surface area contributed by atoms with Crippen molar-refractivity contribution in [1.29, 1.82) is 0 Å². The average Bonchev–Trinajstić information content (AvgIpc) is 2.60. The minimum atomic E-state index is -0.448. The van der Waals surface area contributed by atoms with Crippen molar-refractivity contribution in [3.05, 3.63) is 34.9 Å². The van der Waals surface area contributed by atoms with Gasteiger partial charge in [0.25, 0.3) is 0 Å². The molecule has 4 heteroatoms. The van der Waals surface area contributed by atoms with E-state index in [9.17, 15) is 9.59 Å². The van der Waals surface area contributed by atoms with Gasteiger partial charge in [0.15, 0.2) is 0 Å². The first-order chi connectivity index (χ1) is 12.0. The Bertz CT molecular complexity index is 565. The molecule has 140 valence electrons. The SMILES string of the molecule is CCCC(CC)OC(=O)c1ccc(C)cc1C(=O)OC(CC)CCC. The van der Waals surface area contributed by atoms with Crippen molar-refractivity contribution in [2.24, 2.45) is 0 Å². The molecule has 0 N–H and O–H groups in total. The van der Waals surface area contributed by atoms with Crippen LogP contribution in [0.3, 0.4) is 0 Å². The summed E-state index contributed by atoms with van der Waals surface area (Å²) < 4.78 is 11.2. The number of rotatable bonds is 10. The molecule has 0 aliphatic heterocycles. The van der Waals surface area contributed by atoms with E-state index in [4.69, 9.17) is 9.47 Å². The van der Waals surface area contributed by atoms with Gasteiger partial charge in [0, 0.05) is 0 Å². The van der Waals surface area contributed by atoms with E-state index < -0.39 is 11.9 Å². The van der Waals surface area contributed by atoms with Crippen LogP contribution in [0.15, 0.2) is 18.2 Å². The van der Waals surface area contributed by atoms with E-state index in [-0.39, 0.29) is 17.8 Å². The Morgan fingerprint density at radius 3 is 1.76 bits per heavy atom. The second-order valence-electron chi connectivity index (χ2n) is 6.50. The van der Waals surface area contributed by atoms with Crippen LogP contribution >= 0.6 is 0 Å². The van der Waals surface area contributed by atoms with Gasteiger partial charge in [0.05, 0.1) is 11.1 Å². The molecule has 1 rings (SSSR count). The van der Waals surface area contributed by atoms with Crippen LogP contribution in [-0.2, 0) is 9.47 Å². The average molecular weight is 348 g/mol. The fourth-order valence-electron chi connectivity index (χ4n) is 2.77. The molecule has 4 nitrogen and oxygen atoms in total. The van der Waals surface area contributed by atoms with E-state index in [0.717, 1.165) is 44.1 Å². The molecular weight excluding hydrogens is 316 g/mol. The van der Waals surface area contributed by atoms with Gasteiger partial charge in [-0.1, -0.05) is 52.2 Å². The molecule has 0 spiro atoms. The lowest BCUT2D eigenvalue weighted by Gasteiger charge is -2.19. The molecule has 0 aliphatic carbocycles. The summed E-state index contributed by atoms with van der Waals surface area (Å²) in [6.45, 7) is 10.00. The van der Waals surface area contributed by atoms with E-state index in [0.29, 0.717) is 5.56 Å². The Balaban J connectivity index is 3.01. The largest absolute Gasteiger partial charge is 0.459 e. The zero-order chi connectivity index (χ0) is 18.8. The van der Waals surface area contributed by atoms with E-state index in [2.05, 4.69) is 13.8 Å². The van der Waals surface area contributed by atoms with Crippen molar-refractivity contribution < 1.29 is 19.1 Å². The summed E-state index contributed by atoms with van der Waals surface area (Å²) in [5, 5.41) is 0. The fourth-order valence-corrected chi connectivity index (χ4v) is 2.77. The van der Waals surface area contributed by atoms with Crippen LogP contribution in [0.4, 0.5) is 0 Å². The van der Waals surface area contributed by atoms with Crippen LogP contribution in [0, 0.1) is 6.92 Å². The lowest BCUT2D eigenvalue weighted by Crippen LogP contribution is -2.22. The van der Waals surface area contributed by atoms with Crippen molar-refractivity contribution in [2.75, 3.05) is 0 Å². The Morgan fingerprint density at radius 1 is 0.840 bits per heavy atom. The second-order valence-corrected chi connectivity index (χ2v) is 6.50. The van der Waals surface area contributed by atoms with Gasteiger partial charge < -0.3 is 9.47 Å². The molecule has 2 atom stereocenters. The number of hydrogen-bond acceptors (Lipinski definition) is 4. The first-order valence-electron chi connectivity index (χ1n) is 9.49. The first-order valence-corrected chi connectivity index (χ1v) is 9.49. The lowest BCUT2D eigenvalue weighted by molar-refractivity contribution is 0.0223. The van der Waals surface area contributed by atoms with Crippen LogP contribution in [-0.4, -0.2) is 24.1 Å². The molecule has 2 unspecified atom stereocenters. The molecule has 0 radical (unpaired) electrons. The fraction of sp³-hybridized carbons (Fsp3) is 0.619. The Hall–Kier alpha value is -1.84. The van der Waals surface area contributed by atoms with Crippen LogP contribution < -0.4 is 0 Å². The van der Waals surface area contributed by atoms with E-state index in [1.54, 1.807) is 12.1 Å². The van der Waals surface area contributed by atoms with Gasteiger partial charge in [-0.3, -0.25) is 0 Å². The summed E-state index contributed by atoms with van der Waals surface area (Å²) in [6.07, 6.45) is 4.83. The van der Waals surface area contributed by atoms with Gasteiger partial charge in [-0.05, 0) is 44.7 Å². The standard InChI is InChI=1S/C21H32O4/c1-6-10-16(8-3)24-20(22)18-13-12-15(5)14-19(18)21(23)25-17(9-4)11-7-2/h12-14,16-17H,6-11H2,1-5H3. The summed E-state index contributed by atoms with van der Waals surface area (Å²) >= 11 is 0. The van der Waals surface area contributed by atoms with Gasteiger partial charge in [-0.15, -0.1) is 0 Å². The summed E-state index contributed by atoms with van der Waals surface area (Å²) in [4.78, 5) is 25.2. The van der Waals surface area contributed by atoms with Crippen LogP contribution in [0.25, 0.3) is 0 Å². The third-order valence-electron chi connectivity index (χ3n) is 4.29. The van der Waals surface area contributed by atoms with Gasteiger partial charge >= 0.3 is 11.9 Å². The predicted octanol–water partition coefficient (Wildman–Crippen LogP) is 5.47. The quantitative estimate of drug-likeness (QED) is 0.526. The van der Waals surface area contributed by atoms with E-state index in [1.807, 2.05) is 26.8 Å². The van der Waals surface area contributed by atoms with Crippen molar-refractivity contribution >= 4 is 11.9 Å². The number of carbonyl (C=O) groups excluding carboxylic acids is 2. The summed E-state index contributed by atoms with van der Waals surface area (Å²) in [5.41, 5.74) is 1.50. The summed E-state index contributed by atoms with van der Waals surface area (Å²) in [6, 6.07) is 5.18. The molecule has 0 saturated carbocycles. The molecule has 0 bridgehead atoms. The smallest absolute Gasteiger partial charge is 0.339 e. The van der Waals surface area contributed by atoms with Crippen molar-refractivity contribution in [3.8, 4) is 0 Å². The highest BCUT2D eigenvalue weighted by Crippen LogP contribution is 2.19. The third kappa shape index (κ3) is 6.52. The molecule has 0 heterocycles. The Kier molecular flexibility index (Phi) is 9.25. The number of carbonyl (C=O) groups is 2. The molecule has 1 aromatic rings. The topological polar surface area (TPSA) is 52.6 Å². The van der Waals surface area contributed by atoms with Gasteiger partial charge in [0.1, 0.15) is 12.2 Å². The maximum Gasteiger partial charge on any atom is 0.339 e. The highest BCUT2D eigenvalue weighted by molar-refractivity contribution is 6.03. The van der Waals surface area contributed by atoms with Crippen LogP contribution in [0.2, 0.25) is 0 Å². The molecular formula is C21H32O4. The molecule has 0 amide bonds. The van der Waals surface area contributed by atoms with Gasteiger partial charge in [-0.2, -0.15) is 0 Å². The van der Waals surface area contributed by atoms with E-state index in [1.165, 1.54) is 0 Å². The van der Waals surface area contributed by atoms with Gasteiger partial charge in [0.2, 0.25) is 0 Å². The predicted molar refractivity (Wildman–Crippen MR) is 100.0 cm³/mol. The highest BCUT2D eigenvalue weighted by Gasteiger charge is 2.23. The van der Waals surface area contributed by atoms with Crippen molar-refractivity contribution in [1.82, 2.24) is 0 Å². The highest BCUT2D eigenvalue weighted by atomic mass is 16.5. The normalized spacial score (nSPS) is 13.2. The van der Waals surface area contributed by atoms with Crippen molar-refractivity contribution in [3.63, 3.8) is 0 Å². The number of hydrogen-bond donors (Lipinski definition) is 0. The van der Waals surface area contributed by atoms with Gasteiger partial charge in [-0.25, -0.2) is 9.59 Å². The van der Waals surface area contributed by atoms with Crippen molar-refractivity contribution in [2.45, 2.75) is 85.4 Å². The molecule has 25 heavy (non-hydrogen) atoms. The molecule has 0 saturated heterocycles.